The van der Waals surface area contributed by atoms with E-state index in [1.807, 2.05) is 72.8 Å². The normalized spacial score (nSPS) is 19.1. The number of hydrogen-bond donors (Lipinski definition) is 3. The molecule has 1 aliphatic heterocycles. The van der Waals surface area contributed by atoms with Crippen LogP contribution in [-0.4, -0.2) is 47.6 Å². The quantitative estimate of drug-likeness (QED) is 0.109. The molecule has 0 aliphatic carbocycles. The first-order valence-electron chi connectivity index (χ1n) is 18.6. The Kier molecular flexibility index (Phi) is 11.5. The van der Waals surface area contributed by atoms with Crippen molar-refractivity contribution in [1.82, 2.24) is 10.2 Å². The lowest BCUT2D eigenvalue weighted by Gasteiger charge is -2.42. The fourth-order valence-electron chi connectivity index (χ4n) is 7.48. The van der Waals surface area contributed by atoms with Crippen LogP contribution >= 0.6 is 0 Å². The SMILES string of the molecule is CC(=O)C(Cc1ccccc1)NC(=O)Nc1cccc(C2OC(CN(C)Cc3c4ccccc4cc4ccccc34)C(C)C(c3ccc(CO)cc3)O2)c1. The van der Waals surface area contributed by atoms with Gasteiger partial charge in [-0.2, -0.15) is 0 Å². The van der Waals surface area contributed by atoms with E-state index >= 15 is 0 Å². The third kappa shape index (κ3) is 8.54. The van der Waals surface area contributed by atoms with Crippen LogP contribution in [0.3, 0.4) is 0 Å². The van der Waals surface area contributed by atoms with Gasteiger partial charge in [0.2, 0.25) is 0 Å². The average molecular weight is 722 g/mol. The lowest BCUT2D eigenvalue weighted by Crippen LogP contribution is -2.43. The molecule has 1 fully saturated rings. The number of ether oxygens (including phenoxy) is 2. The van der Waals surface area contributed by atoms with E-state index in [0.29, 0.717) is 18.7 Å². The number of Topliss-reactive ketones (excluding diaryl/α,β-unsaturated/α-hetero) is 1. The predicted octanol–water partition coefficient (Wildman–Crippen LogP) is 8.73. The smallest absolute Gasteiger partial charge is 0.319 e. The topological polar surface area (TPSA) is 100 Å². The van der Waals surface area contributed by atoms with Crippen LogP contribution in [0.2, 0.25) is 0 Å². The molecule has 5 unspecified atom stereocenters. The molecule has 6 aromatic rings. The molecule has 0 radical (unpaired) electrons. The van der Waals surface area contributed by atoms with Gasteiger partial charge in [-0.15, -0.1) is 0 Å². The third-order valence-electron chi connectivity index (χ3n) is 10.4. The van der Waals surface area contributed by atoms with Crippen LogP contribution in [0.15, 0.2) is 133 Å². The number of benzene rings is 6. The number of nitrogens with zero attached hydrogens (tertiary/aromatic N) is 1. The summed E-state index contributed by atoms with van der Waals surface area (Å²) in [5.41, 5.74) is 5.40. The van der Waals surface area contributed by atoms with Crippen molar-refractivity contribution in [3.63, 3.8) is 0 Å². The number of carbonyl (C=O) groups is 2. The molecule has 0 spiro atoms. The van der Waals surface area contributed by atoms with Gasteiger partial charge in [0.25, 0.3) is 0 Å². The van der Waals surface area contributed by atoms with Crippen LogP contribution in [0.25, 0.3) is 21.5 Å². The summed E-state index contributed by atoms with van der Waals surface area (Å²) < 4.78 is 13.5. The largest absolute Gasteiger partial charge is 0.392 e. The first-order chi connectivity index (χ1) is 26.2. The first kappa shape index (κ1) is 37.0. The molecule has 7 rings (SSSR count). The monoisotopic (exact) mass is 721 g/mol. The molecule has 1 aliphatic rings. The number of anilines is 1. The Hall–Kier alpha value is -5.38. The van der Waals surface area contributed by atoms with Gasteiger partial charge in [0.05, 0.1) is 24.9 Å². The maximum Gasteiger partial charge on any atom is 0.319 e. The zero-order valence-electron chi connectivity index (χ0n) is 30.9. The number of carbonyl (C=O) groups excluding carboxylic acids is 2. The number of ketones is 1. The van der Waals surface area contributed by atoms with Crippen molar-refractivity contribution in [2.45, 2.75) is 58.0 Å². The Morgan fingerprint density at radius 1 is 0.759 bits per heavy atom. The zero-order valence-corrected chi connectivity index (χ0v) is 30.9. The Morgan fingerprint density at radius 2 is 1.43 bits per heavy atom. The van der Waals surface area contributed by atoms with Crippen LogP contribution in [0.4, 0.5) is 10.5 Å². The highest BCUT2D eigenvalue weighted by Crippen LogP contribution is 2.42. The number of rotatable bonds is 12. The summed E-state index contributed by atoms with van der Waals surface area (Å²) in [6, 6.07) is 43.2. The van der Waals surface area contributed by atoms with Crippen LogP contribution < -0.4 is 10.6 Å². The molecule has 8 nitrogen and oxygen atoms in total. The highest BCUT2D eigenvalue weighted by molar-refractivity contribution is 6.02. The highest BCUT2D eigenvalue weighted by Gasteiger charge is 2.39. The Labute approximate surface area is 316 Å². The molecule has 5 atom stereocenters. The van der Waals surface area contributed by atoms with Crippen LogP contribution in [0, 0.1) is 5.92 Å². The van der Waals surface area contributed by atoms with E-state index in [9.17, 15) is 14.7 Å². The molecule has 1 saturated heterocycles. The van der Waals surface area contributed by atoms with Crippen molar-refractivity contribution in [2.24, 2.45) is 5.92 Å². The molecule has 6 aromatic carbocycles. The standard InChI is InChI=1S/C46H47N3O5/c1-30-43(28-49(3)27-41-39-18-9-7-14-35(39)25-36-15-8-10-19-40(36)41)53-45(54-44(30)34-22-20-33(29-50)21-23-34)37-16-11-17-38(26-37)47-46(52)48-42(31(2)51)24-32-12-5-4-6-13-32/h4-23,25-26,30,42-45,50H,24,27-29H2,1-3H3,(H2,47,48,52). The van der Waals surface area contributed by atoms with Gasteiger partial charge in [-0.3, -0.25) is 9.69 Å². The summed E-state index contributed by atoms with van der Waals surface area (Å²) in [7, 11) is 2.14. The summed E-state index contributed by atoms with van der Waals surface area (Å²) in [5, 5.41) is 20.4. The minimum Gasteiger partial charge on any atom is -0.392 e. The van der Waals surface area contributed by atoms with Crippen LogP contribution in [-0.2, 0) is 33.8 Å². The van der Waals surface area contributed by atoms with Gasteiger partial charge in [-0.25, -0.2) is 4.79 Å². The number of aliphatic hydroxyl groups excluding tert-OH is 1. The first-order valence-corrected chi connectivity index (χ1v) is 18.6. The number of hydrogen-bond acceptors (Lipinski definition) is 6. The number of fused-ring (bicyclic) bond motifs is 2. The van der Waals surface area contributed by atoms with Gasteiger partial charge in [0.15, 0.2) is 12.1 Å². The van der Waals surface area contributed by atoms with E-state index in [-0.39, 0.29) is 30.5 Å². The van der Waals surface area contributed by atoms with E-state index in [1.54, 1.807) is 6.07 Å². The zero-order chi connectivity index (χ0) is 37.6. The molecule has 3 N–H and O–H groups in total. The fraction of sp³-hybridized carbons (Fsp3) is 0.261. The van der Waals surface area contributed by atoms with Crippen molar-refractivity contribution < 1.29 is 24.2 Å². The maximum absolute atomic E-state index is 13.2. The Bertz CT molecular complexity index is 2170. The van der Waals surface area contributed by atoms with E-state index in [2.05, 4.69) is 84.1 Å². The lowest BCUT2D eigenvalue weighted by atomic mass is 9.89. The van der Waals surface area contributed by atoms with Gasteiger partial charge in [0.1, 0.15) is 0 Å². The van der Waals surface area contributed by atoms with Gasteiger partial charge in [-0.05, 0) is 82.4 Å². The molecule has 2 amide bonds. The summed E-state index contributed by atoms with van der Waals surface area (Å²) in [6.07, 6.45) is -0.804. The van der Waals surface area contributed by atoms with E-state index in [1.165, 1.54) is 34.0 Å². The molecule has 54 heavy (non-hydrogen) atoms. The van der Waals surface area contributed by atoms with E-state index in [0.717, 1.165) is 28.8 Å². The lowest BCUT2D eigenvalue weighted by molar-refractivity contribution is -0.276. The average Bonchev–Trinajstić information content (AvgIpc) is 3.19. The summed E-state index contributed by atoms with van der Waals surface area (Å²) in [5.74, 6) is -0.128. The van der Waals surface area contributed by atoms with Crippen LogP contribution in [0.5, 0.6) is 0 Å². The summed E-state index contributed by atoms with van der Waals surface area (Å²) >= 11 is 0. The molecule has 276 valence electrons. The molecule has 1 heterocycles. The molecular weight excluding hydrogens is 675 g/mol. The van der Waals surface area contributed by atoms with Gasteiger partial charge in [-0.1, -0.05) is 122 Å². The number of urea groups is 1. The van der Waals surface area contributed by atoms with Gasteiger partial charge < -0.3 is 25.2 Å². The Balaban J connectivity index is 1.12. The third-order valence-corrected chi connectivity index (χ3v) is 10.4. The van der Waals surface area contributed by atoms with Gasteiger partial charge >= 0.3 is 6.03 Å². The summed E-state index contributed by atoms with van der Waals surface area (Å²) in [6.45, 7) is 5.00. The molecule has 0 bridgehead atoms. The predicted molar refractivity (Wildman–Crippen MR) is 214 cm³/mol. The molecular formula is C46H47N3O5. The maximum atomic E-state index is 13.2. The number of likely N-dealkylation sites (N-methyl/N-ethyl adjacent to an activating group) is 1. The number of nitrogens with one attached hydrogen (secondary N) is 2. The van der Waals surface area contributed by atoms with Crippen molar-refractivity contribution in [3.8, 4) is 0 Å². The molecule has 0 aromatic heterocycles. The van der Waals surface area contributed by atoms with E-state index < -0.39 is 18.4 Å². The Morgan fingerprint density at radius 3 is 2.09 bits per heavy atom. The van der Waals surface area contributed by atoms with Crippen molar-refractivity contribution in [2.75, 3.05) is 18.9 Å². The highest BCUT2D eigenvalue weighted by atomic mass is 16.7. The van der Waals surface area contributed by atoms with Crippen LogP contribution in [0.1, 0.15) is 54.1 Å². The van der Waals surface area contributed by atoms with Gasteiger partial charge in [0, 0.05) is 30.3 Å². The second-order valence-corrected chi connectivity index (χ2v) is 14.4. The second kappa shape index (κ2) is 16.7. The number of aliphatic hydroxyl groups is 1. The minimum absolute atomic E-state index is 0.00634. The van der Waals surface area contributed by atoms with Crippen molar-refractivity contribution in [3.05, 3.63) is 161 Å². The van der Waals surface area contributed by atoms with E-state index in [4.69, 9.17) is 9.47 Å². The molecule has 0 saturated carbocycles. The summed E-state index contributed by atoms with van der Waals surface area (Å²) in [4.78, 5) is 27.9. The van der Waals surface area contributed by atoms with Crippen molar-refractivity contribution in [1.29, 1.82) is 0 Å². The molecule has 8 heteroatoms. The minimum atomic E-state index is -0.714. The fourth-order valence-corrected chi connectivity index (χ4v) is 7.48. The number of amides is 2. The van der Waals surface area contributed by atoms with Crippen molar-refractivity contribution >= 4 is 39.0 Å². The second-order valence-electron chi connectivity index (χ2n) is 14.4.